The van der Waals surface area contributed by atoms with Gasteiger partial charge in [0.25, 0.3) is 0 Å². The minimum atomic E-state index is -3.59. The Morgan fingerprint density at radius 1 is 0.500 bits per heavy atom. The fraction of sp³-hybridized carbons (Fsp3) is 0.302. The van der Waals surface area contributed by atoms with Crippen LogP contribution in [0.2, 0.25) is 0 Å². The average Bonchev–Trinajstić information content (AvgIpc) is 1.91. The molecule has 6 aromatic carbocycles. The summed E-state index contributed by atoms with van der Waals surface area (Å²) in [6.45, 7) is 2.87. The molecule has 438 valence electrons. The molecule has 19 nitrogen and oxygen atoms in total. The van der Waals surface area contributed by atoms with Gasteiger partial charge in [-0.15, -0.1) is 0 Å². The summed E-state index contributed by atoms with van der Waals surface area (Å²) >= 11 is 3.09. The molecule has 0 bridgehead atoms. The number of nitrogens with one attached hydrogen (secondary N) is 2. The molecular formula is C63H65N4O15PSe. The molecule has 1 unspecified atom stereocenters. The number of nitrogens with zero attached hydrogens (tertiary/aromatic N) is 2. The summed E-state index contributed by atoms with van der Waals surface area (Å²) in [4.78, 5) is 57.5. The van der Waals surface area contributed by atoms with Crippen molar-refractivity contribution in [2.75, 3.05) is 48.8 Å². The molecule has 0 radical (unpaired) electrons. The summed E-state index contributed by atoms with van der Waals surface area (Å²) in [7, 11) is 7.86. The van der Waals surface area contributed by atoms with Crippen LogP contribution in [0.5, 0.6) is 23.0 Å². The van der Waals surface area contributed by atoms with Gasteiger partial charge in [-0.05, 0) is 0 Å². The van der Waals surface area contributed by atoms with Crippen LogP contribution in [0, 0.1) is 13.8 Å². The second-order valence-corrected chi connectivity index (χ2v) is 24.8. The van der Waals surface area contributed by atoms with Crippen LogP contribution < -0.4 is 41.4 Å². The average molecular weight is 1230 g/mol. The second-order valence-electron chi connectivity index (χ2n) is 20.2. The van der Waals surface area contributed by atoms with Gasteiger partial charge in [-0.25, -0.2) is 0 Å². The van der Waals surface area contributed by atoms with Crippen molar-refractivity contribution < 1.29 is 51.5 Å². The summed E-state index contributed by atoms with van der Waals surface area (Å²) < 4.78 is 73.8. The van der Waals surface area contributed by atoms with Crippen LogP contribution in [0.15, 0.2) is 189 Å². The van der Waals surface area contributed by atoms with Gasteiger partial charge in [0.1, 0.15) is 0 Å². The van der Waals surface area contributed by atoms with Gasteiger partial charge in [-0.3, -0.25) is 0 Å². The molecule has 2 N–H and O–H groups in total. The number of methoxy groups -OCH3 is 4. The van der Waals surface area contributed by atoms with E-state index in [0.29, 0.717) is 34.1 Å². The SMILES string of the molecule is COc1ccc(C(OC[C@H]2O[C@@H](n3cc(C)c(=O)[nH]c3=O)C[C@@H]2OP(=[Se])(OC)OC[C@H]2O[C@@H](n3cc(C)c(=O)[nH]c3=O)C[C@@H]2OC(c2ccccc2)(c2ccc(OC)cc2)c2ccc(OC)cc2)(c2ccccc2)c2ccc(OC)cc2)cc1. The van der Waals surface area contributed by atoms with Gasteiger partial charge < -0.3 is 0 Å². The standard InChI is InChI=1S/C63H65N4O15PSe/c1-40-36-66(60(70)64-58(40)68)56-34-52(81-63(43-16-12-9-13-17-43,46-22-30-50(74-5)31-23-46)47-24-32-51(75-6)33-25-47)55(80-56)39-78-83(84,76-7)82-53-35-57(67-37-41(2)59(69)65-61(67)71)79-54(53)38-77-62(42-14-10-8-11-15-42,44-18-26-48(72-3)27-19-44)45-20-28-49(73-4)29-21-45/h8-33,36-37,52-57H,34-35,38-39H2,1-7H3,(H,64,68,70)(H,65,69,71)/t52-,53-,54+,55+,56+,57+,83?/m0/s1. The minimum absolute atomic E-state index is 0.0739. The van der Waals surface area contributed by atoms with Gasteiger partial charge in [0, 0.05) is 0 Å². The van der Waals surface area contributed by atoms with Crippen molar-refractivity contribution in [2.24, 2.45) is 0 Å². The molecule has 7 atom stereocenters. The molecule has 2 aliphatic heterocycles. The summed E-state index contributed by atoms with van der Waals surface area (Å²) in [6.07, 6.45) is -5.98. The Bertz CT molecular complexity index is 3730. The van der Waals surface area contributed by atoms with E-state index in [1.807, 2.05) is 158 Å². The molecule has 8 aromatic rings. The summed E-state index contributed by atoms with van der Waals surface area (Å²) in [6, 6.07) is 50.0. The van der Waals surface area contributed by atoms with E-state index in [4.69, 9.17) is 51.5 Å². The monoisotopic (exact) mass is 1230 g/mol. The predicted molar refractivity (Wildman–Crippen MR) is 315 cm³/mol. The van der Waals surface area contributed by atoms with Gasteiger partial charge in [0.15, 0.2) is 0 Å². The van der Waals surface area contributed by atoms with Crippen LogP contribution in [0.3, 0.4) is 0 Å². The first kappa shape index (κ1) is 59.7. The van der Waals surface area contributed by atoms with E-state index in [-0.39, 0.29) is 26.1 Å². The van der Waals surface area contributed by atoms with Crippen LogP contribution in [0.25, 0.3) is 0 Å². The number of hydrogen-bond acceptors (Lipinski definition) is 15. The molecule has 2 aliphatic rings. The van der Waals surface area contributed by atoms with Crippen LogP contribution in [0.1, 0.15) is 69.8 Å². The normalized spacial score (nSPS) is 19.6. The Kier molecular flexibility index (Phi) is 18.3. The van der Waals surface area contributed by atoms with Gasteiger partial charge >= 0.3 is 466 Å². The summed E-state index contributed by atoms with van der Waals surface area (Å²) in [5.41, 5.74) is 0.222. The van der Waals surface area contributed by atoms with Crippen molar-refractivity contribution >= 4 is 21.3 Å². The molecule has 10 rings (SSSR count). The van der Waals surface area contributed by atoms with E-state index in [1.165, 1.54) is 28.6 Å². The topological polar surface area (TPSA) is 211 Å². The molecule has 84 heavy (non-hydrogen) atoms. The number of aromatic amines is 2. The van der Waals surface area contributed by atoms with Gasteiger partial charge in [-0.1, -0.05) is 0 Å². The van der Waals surface area contributed by atoms with Gasteiger partial charge in [0.05, 0.1) is 28.4 Å². The van der Waals surface area contributed by atoms with Crippen LogP contribution >= 0.6 is 6.19 Å². The van der Waals surface area contributed by atoms with Crippen molar-refractivity contribution in [3.63, 3.8) is 0 Å². The number of aryl methyl sites for hydroxylation is 2. The first-order chi connectivity index (χ1) is 40.6. The first-order valence-electron chi connectivity index (χ1n) is 27.1. The number of aromatic nitrogens is 4. The van der Waals surface area contributed by atoms with E-state index in [1.54, 1.807) is 42.3 Å². The maximum absolute atomic E-state index is 13.7. The van der Waals surface area contributed by atoms with Crippen molar-refractivity contribution in [1.29, 1.82) is 0 Å². The Hall–Kier alpha value is -7.45. The van der Waals surface area contributed by atoms with E-state index >= 15 is 0 Å². The van der Waals surface area contributed by atoms with E-state index in [2.05, 4.69) is 25.1 Å². The molecule has 2 fully saturated rings. The molecule has 0 aliphatic carbocycles. The van der Waals surface area contributed by atoms with Crippen LogP contribution in [-0.4, -0.2) is 107 Å². The number of rotatable bonds is 23. The number of H-pyrrole nitrogens is 2. The Morgan fingerprint density at radius 3 is 1.25 bits per heavy atom. The second kappa shape index (κ2) is 25.8. The third-order valence-electron chi connectivity index (χ3n) is 15.3. The Morgan fingerprint density at radius 2 is 0.857 bits per heavy atom. The fourth-order valence-electron chi connectivity index (χ4n) is 10.9. The molecule has 4 heterocycles. The fourth-order valence-corrected chi connectivity index (χ4v) is 13.1. The third kappa shape index (κ3) is 12.2. The summed E-state index contributed by atoms with van der Waals surface area (Å²) in [5, 5.41) is 0. The third-order valence-corrected chi connectivity index (χ3v) is 18.9. The van der Waals surface area contributed by atoms with Crippen molar-refractivity contribution in [2.45, 2.75) is 74.8 Å². The van der Waals surface area contributed by atoms with E-state index < -0.39 is 76.8 Å². The molecule has 0 spiro atoms. The van der Waals surface area contributed by atoms with Crippen LogP contribution in [-0.2, 0) is 43.7 Å². The van der Waals surface area contributed by atoms with Crippen LogP contribution in [0.4, 0.5) is 0 Å². The van der Waals surface area contributed by atoms with Gasteiger partial charge in [-0.2, -0.15) is 0 Å². The molecular weight excluding hydrogens is 1160 g/mol. The quantitative estimate of drug-likeness (QED) is 0.0349. The first-order valence-corrected chi connectivity index (χ1v) is 30.8. The molecule has 2 saturated heterocycles. The van der Waals surface area contributed by atoms with Crippen molar-refractivity contribution in [3.05, 3.63) is 256 Å². The molecule has 0 saturated carbocycles. The maximum atomic E-state index is 13.7. The summed E-state index contributed by atoms with van der Waals surface area (Å²) in [5.74, 6) is 2.56. The molecule has 21 heteroatoms. The van der Waals surface area contributed by atoms with E-state index in [9.17, 15) is 19.2 Å². The molecule has 2 aromatic heterocycles. The number of hydrogen-bond donors (Lipinski definition) is 2. The molecule has 0 amide bonds. The zero-order valence-corrected chi connectivity index (χ0v) is 49.9. The number of ether oxygens (including phenoxy) is 8. The van der Waals surface area contributed by atoms with Gasteiger partial charge in [0.2, 0.25) is 0 Å². The van der Waals surface area contributed by atoms with E-state index in [0.717, 1.165) is 33.4 Å². The number of benzene rings is 6. The zero-order chi connectivity index (χ0) is 59.2. The van der Waals surface area contributed by atoms with Crippen molar-refractivity contribution in [1.82, 2.24) is 19.1 Å². The Balaban J connectivity index is 1.03. The van der Waals surface area contributed by atoms with Crippen molar-refractivity contribution in [3.8, 4) is 23.0 Å². The Labute approximate surface area is 492 Å². The zero-order valence-electron chi connectivity index (χ0n) is 47.3. The predicted octanol–water partition coefficient (Wildman–Crippen LogP) is 8.59.